The number of likely N-dealkylation sites (N-methyl/N-ethyl adjacent to an activating group) is 1. The predicted molar refractivity (Wildman–Crippen MR) is 121 cm³/mol. The number of anilines is 1. The van der Waals surface area contributed by atoms with Gasteiger partial charge in [0.15, 0.2) is 0 Å². The largest absolute Gasteiger partial charge is 0.325 e. The molecule has 0 aliphatic heterocycles. The molecule has 0 unspecified atom stereocenters. The van der Waals surface area contributed by atoms with E-state index in [9.17, 15) is 9.18 Å². The van der Waals surface area contributed by atoms with E-state index in [2.05, 4.69) is 24.4 Å². The Morgan fingerprint density at radius 3 is 2.63 bits per heavy atom. The molecule has 4 nitrogen and oxygen atoms in total. The number of carbonyl (C=O) groups is 1. The summed E-state index contributed by atoms with van der Waals surface area (Å²) in [5.41, 5.74) is 4.53. The zero-order valence-electron chi connectivity index (χ0n) is 16.9. The standard InChI is InChI=1S/C24H22FN3OS/c1-16-7-12-21-22(13-16)30-24(27-21)17-8-10-19(11-9-17)26-23(29)15-28(2)14-18-5-3-4-6-20(18)25/h3-13H,14-15H2,1-2H3,(H,26,29). The number of aryl methyl sites for hydroxylation is 1. The summed E-state index contributed by atoms with van der Waals surface area (Å²) >= 11 is 1.66. The van der Waals surface area contributed by atoms with Crippen LogP contribution >= 0.6 is 11.3 Å². The van der Waals surface area contributed by atoms with Crippen molar-refractivity contribution in [2.45, 2.75) is 13.5 Å². The first-order chi connectivity index (χ1) is 14.5. The van der Waals surface area contributed by atoms with Crippen LogP contribution in [0.1, 0.15) is 11.1 Å². The number of hydrogen-bond acceptors (Lipinski definition) is 4. The van der Waals surface area contributed by atoms with Gasteiger partial charge in [-0.2, -0.15) is 0 Å². The van der Waals surface area contributed by atoms with Crippen molar-refractivity contribution in [2.24, 2.45) is 0 Å². The monoisotopic (exact) mass is 419 g/mol. The molecule has 4 rings (SSSR count). The summed E-state index contributed by atoms with van der Waals surface area (Å²) in [6.45, 7) is 2.62. The van der Waals surface area contributed by atoms with Crippen molar-refractivity contribution in [1.82, 2.24) is 9.88 Å². The van der Waals surface area contributed by atoms with Gasteiger partial charge in [0.2, 0.25) is 5.91 Å². The van der Waals surface area contributed by atoms with E-state index in [0.717, 1.165) is 21.8 Å². The molecule has 0 radical (unpaired) electrons. The summed E-state index contributed by atoms with van der Waals surface area (Å²) in [4.78, 5) is 18.8. The lowest BCUT2D eigenvalue weighted by atomic mass is 10.2. The van der Waals surface area contributed by atoms with Crippen molar-refractivity contribution in [3.63, 3.8) is 0 Å². The van der Waals surface area contributed by atoms with Gasteiger partial charge in [-0.3, -0.25) is 9.69 Å². The van der Waals surface area contributed by atoms with Gasteiger partial charge in [-0.25, -0.2) is 9.37 Å². The zero-order valence-corrected chi connectivity index (χ0v) is 17.7. The van der Waals surface area contributed by atoms with Crippen molar-refractivity contribution in [3.05, 3.63) is 83.7 Å². The van der Waals surface area contributed by atoms with Gasteiger partial charge in [0.25, 0.3) is 0 Å². The van der Waals surface area contributed by atoms with E-state index in [-0.39, 0.29) is 18.3 Å². The molecule has 0 saturated carbocycles. The SMILES string of the molecule is Cc1ccc2nc(-c3ccc(NC(=O)CN(C)Cc4ccccc4F)cc3)sc2c1. The van der Waals surface area contributed by atoms with Gasteiger partial charge in [0, 0.05) is 23.4 Å². The molecule has 1 heterocycles. The molecule has 3 aromatic carbocycles. The molecule has 0 aliphatic carbocycles. The van der Waals surface area contributed by atoms with Crippen LogP contribution in [0.15, 0.2) is 66.7 Å². The minimum atomic E-state index is -0.259. The van der Waals surface area contributed by atoms with Crippen molar-refractivity contribution in [1.29, 1.82) is 0 Å². The molecule has 30 heavy (non-hydrogen) atoms. The lowest BCUT2D eigenvalue weighted by molar-refractivity contribution is -0.117. The molecule has 0 spiro atoms. The molecular formula is C24H22FN3OS. The minimum Gasteiger partial charge on any atom is -0.325 e. The number of halogens is 1. The Morgan fingerprint density at radius 2 is 1.87 bits per heavy atom. The van der Waals surface area contributed by atoms with Gasteiger partial charge in [-0.1, -0.05) is 24.3 Å². The van der Waals surface area contributed by atoms with Crippen LogP contribution in [-0.2, 0) is 11.3 Å². The molecule has 0 bridgehead atoms. The van der Waals surface area contributed by atoms with E-state index >= 15 is 0 Å². The first-order valence-electron chi connectivity index (χ1n) is 9.67. The summed E-state index contributed by atoms with van der Waals surface area (Å²) in [6, 6.07) is 20.5. The highest BCUT2D eigenvalue weighted by molar-refractivity contribution is 7.21. The highest BCUT2D eigenvalue weighted by atomic mass is 32.1. The number of nitrogens with zero attached hydrogens (tertiary/aromatic N) is 2. The van der Waals surface area contributed by atoms with Gasteiger partial charge in [0.1, 0.15) is 10.8 Å². The Labute approximate surface area is 179 Å². The van der Waals surface area contributed by atoms with Crippen LogP contribution in [-0.4, -0.2) is 29.4 Å². The molecular weight excluding hydrogens is 397 g/mol. The fourth-order valence-electron chi connectivity index (χ4n) is 3.27. The molecule has 152 valence electrons. The topological polar surface area (TPSA) is 45.2 Å². The van der Waals surface area contributed by atoms with Crippen LogP contribution in [0.3, 0.4) is 0 Å². The Balaban J connectivity index is 1.37. The van der Waals surface area contributed by atoms with E-state index in [4.69, 9.17) is 4.98 Å². The number of rotatable bonds is 6. The quantitative estimate of drug-likeness (QED) is 0.450. The Kier molecular flexibility index (Phi) is 5.88. The van der Waals surface area contributed by atoms with Crippen LogP contribution < -0.4 is 5.32 Å². The average Bonchev–Trinajstić information content (AvgIpc) is 3.13. The molecule has 0 atom stereocenters. The number of thiazole rings is 1. The van der Waals surface area contributed by atoms with Gasteiger partial charge < -0.3 is 5.32 Å². The Hall–Kier alpha value is -3.09. The number of fused-ring (bicyclic) bond motifs is 1. The predicted octanol–water partition coefficient (Wildman–Crippen LogP) is 5.48. The highest BCUT2D eigenvalue weighted by Crippen LogP contribution is 2.31. The van der Waals surface area contributed by atoms with Crippen LogP contribution in [0.5, 0.6) is 0 Å². The second-order valence-electron chi connectivity index (χ2n) is 7.38. The van der Waals surface area contributed by atoms with Crippen LogP contribution in [0.2, 0.25) is 0 Å². The van der Waals surface area contributed by atoms with Crippen LogP contribution in [0.25, 0.3) is 20.8 Å². The lowest BCUT2D eigenvalue weighted by Crippen LogP contribution is -2.30. The highest BCUT2D eigenvalue weighted by Gasteiger charge is 2.11. The number of hydrogen-bond donors (Lipinski definition) is 1. The molecule has 4 aromatic rings. The maximum atomic E-state index is 13.8. The molecule has 0 fully saturated rings. The summed E-state index contributed by atoms with van der Waals surface area (Å²) < 4.78 is 14.9. The maximum absolute atomic E-state index is 13.8. The average molecular weight is 420 g/mol. The Bertz CT molecular complexity index is 1190. The first kappa shape index (κ1) is 20.2. The normalized spacial score (nSPS) is 11.2. The summed E-state index contributed by atoms with van der Waals surface area (Å²) in [6.07, 6.45) is 0. The van der Waals surface area contributed by atoms with Crippen molar-refractivity contribution < 1.29 is 9.18 Å². The number of amides is 1. The molecule has 1 amide bonds. The first-order valence-corrected chi connectivity index (χ1v) is 10.5. The molecule has 6 heteroatoms. The lowest BCUT2D eigenvalue weighted by Gasteiger charge is -2.16. The van der Waals surface area contributed by atoms with E-state index < -0.39 is 0 Å². The smallest absolute Gasteiger partial charge is 0.238 e. The van der Waals surface area contributed by atoms with Gasteiger partial charge in [-0.15, -0.1) is 11.3 Å². The van der Waals surface area contributed by atoms with Crippen molar-refractivity contribution >= 4 is 33.1 Å². The van der Waals surface area contributed by atoms with E-state index in [1.807, 2.05) is 30.3 Å². The zero-order chi connectivity index (χ0) is 21.1. The maximum Gasteiger partial charge on any atom is 0.238 e. The van der Waals surface area contributed by atoms with Crippen LogP contribution in [0, 0.1) is 12.7 Å². The van der Waals surface area contributed by atoms with Gasteiger partial charge in [0.05, 0.1) is 16.8 Å². The minimum absolute atomic E-state index is 0.142. The van der Waals surface area contributed by atoms with Gasteiger partial charge in [-0.05, 0) is 62.0 Å². The number of nitrogens with one attached hydrogen (secondary N) is 1. The fraction of sp³-hybridized carbons (Fsp3) is 0.167. The molecule has 1 aromatic heterocycles. The van der Waals surface area contributed by atoms with E-state index in [0.29, 0.717) is 12.1 Å². The van der Waals surface area contributed by atoms with Crippen LogP contribution in [0.4, 0.5) is 10.1 Å². The fourth-order valence-corrected chi connectivity index (χ4v) is 4.34. The third kappa shape index (κ3) is 4.72. The summed E-state index contributed by atoms with van der Waals surface area (Å²) in [7, 11) is 1.80. The third-order valence-corrected chi connectivity index (χ3v) is 5.84. The molecule has 1 N–H and O–H groups in total. The third-order valence-electron chi connectivity index (χ3n) is 4.77. The number of aromatic nitrogens is 1. The van der Waals surface area contributed by atoms with Gasteiger partial charge >= 0.3 is 0 Å². The van der Waals surface area contributed by atoms with E-state index in [1.54, 1.807) is 41.5 Å². The number of benzene rings is 3. The van der Waals surface area contributed by atoms with E-state index in [1.165, 1.54) is 16.3 Å². The second kappa shape index (κ2) is 8.73. The molecule has 0 saturated heterocycles. The summed E-state index contributed by atoms with van der Waals surface area (Å²) in [5, 5.41) is 3.85. The molecule has 0 aliphatic rings. The second-order valence-corrected chi connectivity index (χ2v) is 8.41. The number of carbonyl (C=O) groups excluding carboxylic acids is 1. The van der Waals surface area contributed by atoms with Crippen molar-refractivity contribution in [3.8, 4) is 10.6 Å². The van der Waals surface area contributed by atoms with Crippen molar-refractivity contribution in [2.75, 3.05) is 18.9 Å². The Morgan fingerprint density at radius 1 is 1.10 bits per heavy atom. The summed E-state index contributed by atoms with van der Waals surface area (Å²) in [5.74, 6) is -0.401.